The van der Waals surface area contributed by atoms with Crippen molar-refractivity contribution in [3.63, 3.8) is 0 Å². The summed E-state index contributed by atoms with van der Waals surface area (Å²) in [4.78, 5) is 0.308. The molecule has 0 aromatic heterocycles. The summed E-state index contributed by atoms with van der Waals surface area (Å²) in [5.74, 6) is 0.630. The number of hydrogen-bond donors (Lipinski definition) is 0. The fraction of sp³-hybridized carbons (Fsp3) is 0.647. The Balaban J connectivity index is 2.50. The predicted octanol–water partition coefficient (Wildman–Crippen LogP) is 5.09. The Bertz CT molecular complexity index is 464. The molecule has 19 heavy (non-hydrogen) atoms. The maximum atomic E-state index is 5.95. The van der Waals surface area contributed by atoms with E-state index >= 15 is 0 Å². The summed E-state index contributed by atoms with van der Waals surface area (Å²) in [6.45, 7) is 14.4. The van der Waals surface area contributed by atoms with Crippen LogP contribution in [0.25, 0.3) is 0 Å². The molecule has 3 atom stereocenters. The minimum absolute atomic E-state index is 0.305. The third-order valence-corrected chi connectivity index (χ3v) is 6.05. The molecule has 1 aromatic carbocycles. The molecule has 1 aromatic rings. The van der Waals surface area contributed by atoms with Gasteiger partial charge in [-0.25, -0.2) is 0 Å². The van der Waals surface area contributed by atoms with Gasteiger partial charge in [-0.15, -0.1) is 0 Å². The van der Waals surface area contributed by atoms with Gasteiger partial charge in [0.15, 0.2) is 0 Å². The van der Waals surface area contributed by atoms with Gasteiger partial charge < -0.3 is 4.74 Å². The number of benzene rings is 1. The Morgan fingerprint density at radius 1 is 0.947 bits per heavy atom. The van der Waals surface area contributed by atoms with Crippen molar-refractivity contribution in [2.75, 3.05) is 6.61 Å². The molecule has 0 aliphatic carbocycles. The molecule has 0 spiro atoms. The average molecular weight is 325 g/mol. The standard InChI is InChI=1S/C17H25BrO/c1-9-7-8-19-17(9)16(18)15-13(5)11(3)10(2)12(4)14(15)6/h9,16-17H,7-8H2,1-6H3. The molecule has 0 radical (unpaired) electrons. The molecular weight excluding hydrogens is 300 g/mol. The molecule has 1 aliphatic heterocycles. The zero-order chi connectivity index (χ0) is 14.3. The van der Waals surface area contributed by atoms with E-state index in [0.29, 0.717) is 16.8 Å². The highest BCUT2D eigenvalue weighted by molar-refractivity contribution is 9.09. The summed E-state index contributed by atoms with van der Waals surface area (Å²) in [5.41, 5.74) is 8.56. The monoisotopic (exact) mass is 324 g/mol. The normalized spacial score (nSPS) is 24.8. The van der Waals surface area contributed by atoms with Crippen molar-refractivity contribution < 1.29 is 4.74 Å². The first-order valence-corrected chi connectivity index (χ1v) is 8.10. The van der Waals surface area contributed by atoms with Crippen molar-refractivity contribution in [1.82, 2.24) is 0 Å². The Labute approximate surface area is 125 Å². The zero-order valence-electron chi connectivity index (χ0n) is 12.9. The molecule has 3 unspecified atom stereocenters. The van der Waals surface area contributed by atoms with Crippen molar-refractivity contribution in [2.45, 2.75) is 58.9 Å². The van der Waals surface area contributed by atoms with Crippen LogP contribution >= 0.6 is 15.9 Å². The summed E-state index contributed by atoms with van der Waals surface area (Å²) < 4.78 is 5.95. The molecule has 0 bridgehead atoms. The van der Waals surface area contributed by atoms with Crippen molar-refractivity contribution in [2.24, 2.45) is 5.92 Å². The van der Waals surface area contributed by atoms with E-state index in [1.807, 2.05) is 0 Å². The van der Waals surface area contributed by atoms with Gasteiger partial charge in [-0.3, -0.25) is 0 Å². The lowest BCUT2D eigenvalue weighted by atomic mass is 9.85. The maximum Gasteiger partial charge on any atom is 0.0767 e. The van der Waals surface area contributed by atoms with Gasteiger partial charge in [-0.2, -0.15) is 0 Å². The Kier molecular flexibility index (Phi) is 4.42. The molecule has 1 fully saturated rings. The number of halogens is 1. The van der Waals surface area contributed by atoms with Gasteiger partial charge in [0.2, 0.25) is 0 Å². The summed E-state index contributed by atoms with van der Waals surface area (Å²) in [6, 6.07) is 0. The second-order valence-electron chi connectivity index (χ2n) is 6.04. The first-order valence-electron chi connectivity index (χ1n) is 7.18. The molecule has 0 saturated carbocycles. The van der Waals surface area contributed by atoms with Crippen LogP contribution in [0.1, 0.15) is 51.6 Å². The van der Waals surface area contributed by atoms with Gasteiger partial charge in [-0.05, 0) is 80.3 Å². The van der Waals surface area contributed by atoms with E-state index in [9.17, 15) is 0 Å². The van der Waals surface area contributed by atoms with Crippen LogP contribution in [0.5, 0.6) is 0 Å². The lowest BCUT2D eigenvalue weighted by Crippen LogP contribution is -2.21. The molecule has 1 nitrogen and oxygen atoms in total. The van der Waals surface area contributed by atoms with Gasteiger partial charge >= 0.3 is 0 Å². The molecule has 0 amide bonds. The van der Waals surface area contributed by atoms with Crippen LogP contribution in [0, 0.1) is 40.5 Å². The van der Waals surface area contributed by atoms with Crippen LogP contribution < -0.4 is 0 Å². The van der Waals surface area contributed by atoms with Crippen LogP contribution in [0.4, 0.5) is 0 Å². The van der Waals surface area contributed by atoms with E-state index in [1.165, 1.54) is 39.8 Å². The molecule has 0 N–H and O–H groups in total. The zero-order valence-corrected chi connectivity index (χ0v) is 14.5. The van der Waals surface area contributed by atoms with Crippen molar-refractivity contribution in [1.29, 1.82) is 0 Å². The molecule has 1 aliphatic rings. The fourth-order valence-electron chi connectivity index (χ4n) is 3.20. The number of ether oxygens (including phenoxy) is 1. The lowest BCUT2D eigenvalue weighted by Gasteiger charge is -2.27. The largest absolute Gasteiger partial charge is 0.376 e. The van der Waals surface area contributed by atoms with Gasteiger partial charge in [0, 0.05) is 6.61 Å². The summed E-state index contributed by atoms with van der Waals surface area (Å²) >= 11 is 3.92. The average Bonchev–Trinajstić information content (AvgIpc) is 2.80. The first kappa shape index (κ1) is 15.1. The van der Waals surface area contributed by atoms with E-state index in [4.69, 9.17) is 4.74 Å². The number of alkyl halides is 1. The van der Waals surface area contributed by atoms with E-state index in [0.717, 1.165) is 6.61 Å². The first-order chi connectivity index (χ1) is 8.86. The topological polar surface area (TPSA) is 9.23 Å². The van der Waals surface area contributed by atoms with E-state index in [1.54, 1.807) is 0 Å². The lowest BCUT2D eigenvalue weighted by molar-refractivity contribution is 0.0932. The van der Waals surface area contributed by atoms with E-state index in [2.05, 4.69) is 57.5 Å². The molecule has 2 heteroatoms. The Morgan fingerprint density at radius 3 is 1.84 bits per heavy atom. The third-order valence-electron chi connectivity index (χ3n) is 5.07. The number of rotatable bonds is 2. The molecule has 1 heterocycles. The highest BCUT2D eigenvalue weighted by Gasteiger charge is 2.33. The summed E-state index contributed by atoms with van der Waals surface area (Å²) in [6.07, 6.45) is 1.48. The van der Waals surface area contributed by atoms with Crippen molar-refractivity contribution in [3.05, 3.63) is 33.4 Å². The Hall–Kier alpha value is -0.340. The SMILES string of the molecule is Cc1c(C)c(C)c(C(Br)C2OCCC2C)c(C)c1C. The van der Waals surface area contributed by atoms with Crippen LogP contribution in [0.2, 0.25) is 0 Å². The molecule has 106 valence electrons. The Morgan fingerprint density at radius 2 is 1.42 bits per heavy atom. The third kappa shape index (κ3) is 2.50. The minimum atomic E-state index is 0.305. The van der Waals surface area contributed by atoms with Crippen LogP contribution in [0.3, 0.4) is 0 Å². The van der Waals surface area contributed by atoms with Crippen LogP contribution in [0.15, 0.2) is 0 Å². The predicted molar refractivity (Wildman–Crippen MR) is 85.3 cm³/mol. The second-order valence-corrected chi connectivity index (χ2v) is 7.03. The van der Waals surface area contributed by atoms with Crippen LogP contribution in [-0.2, 0) is 4.74 Å². The van der Waals surface area contributed by atoms with Gasteiger partial charge in [0.05, 0.1) is 10.9 Å². The summed E-state index contributed by atoms with van der Waals surface area (Å²) in [5, 5.41) is 0. The minimum Gasteiger partial charge on any atom is -0.376 e. The molecular formula is C17H25BrO. The highest BCUT2D eigenvalue weighted by atomic mass is 79.9. The fourth-order valence-corrected chi connectivity index (χ4v) is 4.56. The van der Waals surface area contributed by atoms with E-state index < -0.39 is 0 Å². The second kappa shape index (κ2) is 5.57. The quantitative estimate of drug-likeness (QED) is 0.688. The number of hydrogen-bond acceptors (Lipinski definition) is 1. The highest BCUT2D eigenvalue weighted by Crippen LogP contribution is 2.42. The van der Waals surface area contributed by atoms with Crippen molar-refractivity contribution >= 4 is 15.9 Å². The van der Waals surface area contributed by atoms with Gasteiger partial charge in [-0.1, -0.05) is 22.9 Å². The summed E-state index contributed by atoms with van der Waals surface area (Å²) in [7, 11) is 0. The molecule has 1 saturated heterocycles. The van der Waals surface area contributed by atoms with E-state index in [-0.39, 0.29) is 0 Å². The molecule has 2 rings (SSSR count). The smallest absolute Gasteiger partial charge is 0.0767 e. The van der Waals surface area contributed by atoms with Crippen molar-refractivity contribution in [3.8, 4) is 0 Å². The van der Waals surface area contributed by atoms with Crippen LogP contribution in [-0.4, -0.2) is 12.7 Å². The maximum absolute atomic E-state index is 5.95. The van der Waals surface area contributed by atoms with Gasteiger partial charge in [0.1, 0.15) is 0 Å². The van der Waals surface area contributed by atoms with Gasteiger partial charge in [0.25, 0.3) is 0 Å².